The first kappa shape index (κ1) is 31.8. The van der Waals surface area contributed by atoms with Gasteiger partial charge in [-0.2, -0.15) is 13.2 Å². The molecular formula is C28H29F5N4O3. The number of allylic oxidation sites excluding steroid dienone is 1. The highest BCUT2D eigenvalue weighted by atomic mass is 19.4. The Kier molecular flexibility index (Phi) is 11.6. The molecule has 0 aliphatic carbocycles. The highest BCUT2D eigenvalue weighted by Gasteiger charge is 2.36. The predicted molar refractivity (Wildman–Crippen MR) is 142 cm³/mol. The molecule has 0 aromatic heterocycles. The zero-order valence-electron chi connectivity index (χ0n) is 22.0. The normalized spacial score (nSPS) is 11.4. The predicted octanol–water partition coefficient (Wildman–Crippen LogP) is 5.14. The number of hydrogen-bond acceptors (Lipinski definition) is 5. The third-order valence-corrected chi connectivity index (χ3v) is 5.63. The number of amides is 2. The van der Waals surface area contributed by atoms with Crippen LogP contribution in [-0.2, 0) is 22.3 Å². The van der Waals surface area contributed by atoms with Gasteiger partial charge in [0.1, 0.15) is 5.82 Å². The molecule has 214 valence electrons. The van der Waals surface area contributed by atoms with E-state index >= 15 is 4.39 Å². The molecular weight excluding hydrogens is 535 g/mol. The molecule has 12 heteroatoms. The average molecular weight is 565 g/mol. The molecule has 0 atom stereocenters. The molecule has 0 radical (unpaired) electrons. The third kappa shape index (κ3) is 7.79. The number of para-hydroxylation sites is 1. The molecule has 2 amide bonds. The Bertz CT molecular complexity index is 1330. The van der Waals surface area contributed by atoms with Crippen molar-refractivity contribution < 1.29 is 36.3 Å². The SMILES string of the molecule is CN.COc1cccc(/C(C(=O)N(CNc2ccccc2)Cc2c(F)cccc2C(F)(F)F)=C(\C)NC=O)c1F. The van der Waals surface area contributed by atoms with Crippen molar-refractivity contribution in [2.45, 2.75) is 19.6 Å². The number of alkyl halides is 3. The molecule has 4 N–H and O–H groups in total. The highest BCUT2D eigenvalue weighted by Crippen LogP contribution is 2.35. The number of halogens is 5. The molecule has 3 aromatic carbocycles. The molecule has 0 saturated carbocycles. The largest absolute Gasteiger partial charge is 0.494 e. The van der Waals surface area contributed by atoms with Gasteiger partial charge in [0.15, 0.2) is 11.6 Å². The van der Waals surface area contributed by atoms with Gasteiger partial charge in [0, 0.05) is 22.5 Å². The standard InChI is InChI=1S/C27H24F5N3O3.CH5N/c1-17(34-16-36)24(19-10-6-13-23(38-2)25(19)29)26(37)35(15-33-18-8-4-3-5-9-18)14-20-21(27(30,31)32)11-7-12-22(20)28;1-2/h3-13,16,33H,14-15H2,1-2H3,(H,34,36);2H2,1H3/b24-17-;. The second-order valence-corrected chi connectivity index (χ2v) is 8.05. The van der Waals surface area contributed by atoms with E-state index < -0.39 is 41.4 Å². The first-order chi connectivity index (χ1) is 19.1. The van der Waals surface area contributed by atoms with Gasteiger partial charge in [-0.05, 0) is 44.3 Å². The fraction of sp³-hybridized carbons (Fsp3) is 0.214. The summed E-state index contributed by atoms with van der Waals surface area (Å²) in [6.45, 7) is 0.134. The van der Waals surface area contributed by atoms with Gasteiger partial charge in [0.05, 0.1) is 31.5 Å². The van der Waals surface area contributed by atoms with Gasteiger partial charge < -0.3 is 26.0 Å². The Morgan fingerprint density at radius 2 is 1.65 bits per heavy atom. The highest BCUT2D eigenvalue weighted by molar-refractivity contribution is 6.20. The van der Waals surface area contributed by atoms with Crippen LogP contribution in [0.3, 0.4) is 0 Å². The molecule has 0 heterocycles. The smallest absolute Gasteiger partial charge is 0.416 e. The number of benzene rings is 3. The summed E-state index contributed by atoms with van der Waals surface area (Å²) in [7, 11) is 2.72. The summed E-state index contributed by atoms with van der Waals surface area (Å²) in [5, 5.41) is 5.21. The van der Waals surface area contributed by atoms with Crippen molar-refractivity contribution in [3.63, 3.8) is 0 Å². The lowest BCUT2D eigenvalue weighted by Crippen LogP contribution is -2.37. The van der Waals surface area contributed by atoms with Gasteiger partial charge in [-0.25, -0.2) is 8.78 Å². The van der Waals surface area contributed by atoms with E-state index in [2.05, 4.69) is 16.4 Å². The number of nitrogens with one attached hydrogen (secondary N) is 2. The molecule has 3 rings (SSSR count). The molecule has 7 nitrogen and oxygen atoms in total. The van der Waals surface area contributed by atoms with Crippen molar-refractivity contribution in [1.29, 1.82) is 0 Å². The van der Waals surface area contributed by atoms with E-state index in [1.807, 2.05) is 0 Å². The van der Waals surface area contributed by atoms with Gasteiger partial charge in [-0.15, -0.1) is 0 Å². The van der Waals surface area contributed by atoms with E-state index in [1.54, 1.807) is 30.3 Å². The monoisotopic (exact) mass is 564 g/mol. The van der Waals surface area contributed by atoms with Crippen LogP contribution in [0.25, 0.3) is 5.57 Å². The quantitative estimate of drug-likeness (QED) is 0.137. The first-order valence-electron chi connectivity index (χ1n) is 11.8. The fourth-order valence-electron chi connectivity index (χ4n) is 3.78. The van der Waals surface area contributed by atoms with Crippen LogP contribution in [0.2, 0.25) is 0 Å². The number of ether oxygens (including phenoxy) is 1. The number of rotatable bonds is 10. The minimum atomic E-state index is -4.90. The molecule has 0 aliphatic rings. The Hall–Kier alpha value is -4.45. The second kappa shape index (κ2) is 14.6. The van der Waals surface area contributed by atoms with Crippen molar-refractivity contribution in [3.8, 4) is 5.75 Å². The van der Waals surface area contributed by atoms with E-state index in [1.165, 1.54) is 39.3 Å². The minimum Gasteiger partial charge on any atom is -0.494 e. The number of nitrogens with two attached hydrogens (primary N) is 1. The third-order valence-electron chi connectivity index (χ3n) is 5.63. The topological polar surface area (TPSA) is 96.7 Å². The molecule has 0 bridgehead atoms. The van der Waals surface area contributed by atoms with Crippen molar-refractivity contribution in [1.82, 2.24) is 10.2 Å². The molecule has 0 fully saturated rings. The van der Waals surface area contributed by atoms with Crippen LogP contribution in [0.5, 0.6) is 5.75 Å². The first-order valence-corrected chi connectivity index (χ1v) is 11.8. The van der Waals surface area contributed by atoms with Crippen LogP contribution in [-0.4, -0.2) is 38.0 Å². The molecule has 0 saturated heterocycles. The van der Waals surface area contributed by atoms with Crippen molar-refractivity contribution in [2.75, 3.05) is 26.1 Å². The Labute approximate surface area is 228 Å². The van der Waals surface area contributed by atoms with E-state index in [0.29, 0.717) is 11.8 Å². The molecule has 3 aromatic rings. The van der Waals surface area contributed by atoms with E-state index in [0.717, 1.165) is 17.0 Å². The van der Waals surface area contributed by atoms with Gasteiger partial charge in [0.2, 0.25) is 6.41 Å². The van der Waals surface area contributed by atoms with Crippen LogP contribution in [0.15, 0.2) is 72.4 Å². The van der Waals surface area contributed by atoms with Crippen LogP contribution in [0, 0.1) is 11.6 Å². The maximum Gasteiger partial charge on any atom is 0.416 e. The summed E-state index contributed by atoms with van der Waals surface area (Å²) in [5.41, 5.74) is 2.30. The number of nitrogens with zero attached hydrogens (tertiary/aromatic N) is 1. The lowest BCUT2D eigenvalue weighted by Gasteiger charge is -2.27. The summed E-state index contributed by atoms with van der Waals surface area (Å²) >= 11 is 0. The summed E-state index contributed by atoms with van der Waals surface area (Å²) in [4.78, 5) is 25.9. The van der Waals surface area contributed by atoms with Gasteiger partial charge >= 0.3 is 6.18 Å². The van der Waals surface area contributed by atoms with Crippen molar-refractivity contribution in [3.05, 3.63) is 101 Å². The lowest BCUT2D eigenvalue weighted by molar-refractivity contribution is -0.139. The number of hydrogen-bond donors (Lipinski definition) is 3. The van der Waals surface area contributed by atoms with E-state index in [4.69, 9.17) is 4.74 Å². The maximum atomic E-state index is 15.2. The number of methoxy groups -OCH3 is 1. The summed E-state index contributed by atoms with van der Waals surface area (Å²) < 4.78 is 76.1. The van der Waals surface area contributed by atoms with Crippen LogP contribution in [0.1, 0.15) is 23.6 Å². The number of carbonyl (C=O) groups is 2. The molecule has 0 unspecified atom stereocenters. The van der Waals surface area contributed by atoms with Crippen LogP contribution in [0.4, 0.5) is 27.6 Å². The Balaban J connectivity index is 0.00000274. The Morgan fingerprint density at radius 3 is 2.25 bits per heavy atom. The Morgan fingerprint density at radius 1 is 1.00 bits per heavy atom. The van der Waals surface area contributed by atoms with E-state index in [-0.39, 0.29) is 35.7 Å². The lowest BCUT2D eigenvalue weighted by atomic mass is 10.00. The van der Waals surface area contributed by atoms with Gasteiger partial charge in [-0.3, -0.25) is 9.59 Å². The van der Waals surface area contributed by atoms with Gasteiger partial charge in [0.25, 0.3) is 5.91 Å². The second-order valence-electron chi connectivity index (χ2n) is 8.05. The summed E-state index contributed by atoms with van der Waals surface area (Å²) in [6, 6.07) is 14.9. The van der Waals surface area contributed by atoms with Gasteiger partial charge in [-0.1, -0.05) is 36.4 Å². The van der Waals surface area contributed by atoms with Crippen LogP contribution >= 0.6 is 0 Å². The summed E-state index contributed by atoms with van der Waals surface area (Å²) in [5.74, 6) is -3.26. The molecule has 0 spiro atoms. The van der Waals surface area contributed by atoms with E-state index in [9.17, 15) is 27.2 Å². The zero-order valence-corrected chi connectivity index (χ0v) is 22.0. The maximum absolute atomic E-state index is 15.2. The zero-order chi connectivity index (χ0) is 29.9. The van der Waals surface area contributed by atoms with Crippen molar-refractivity contribution >= 4 is 23.6 Å². The number of carbonyl (C=O) groups excluding carboxylic acids is 2. The average Bonchev–Trinajstić information content (AvgIpc) is 2.94. The van der Waals surface area contributed by atoms with Crippen molar-refractivity contribution in [2.24, 2.45) is 5.73 Å². The molecule has 40 heavy (non-hydrogen) atoms. The fourth-order valence-corrected chi connectivity index (χ4v) is 3.78. The number of anilines is 1. The minimum absolute atomic E-state index is 0.0774. The van der Waals surface area contributed by atoms with Crippen LogP contribution < -0.4 is 21.1 Å². The molecule has 0 aliphatic heterocycles. The summed E-state index contributed by atoms with van der Waals surface area (Å²) in [6.07, 6.45) is -4.63.